The van der Waals surface area contributed by atoms with Gasteiger partial charge in [-0.25, -0.2) is 0 Å². The van der Waals surface area contributed by atoms with E-state index in [-0.39, 0.29) is 0 Å². The Balaban J connectivity index is 1.46. The highest BCUT2D eigenvalue weighted by Crippen LogP contribution is 2.42. The zero-order chi connectivity index (χ0) is 20.1. The molecule has 2 aromatic carbocycles. The van der Waals surface area contributed by atoms with Crippen molar-refractivity contribution in [1.82, 2.24) is 0 Å². The molecule has 0 saturated carbocycles. The van der Waals surface area contributed by atoms with Crippen LogP contribution in [0.4, 0.5) is 11.4 Å². The van der Waals surface area contributed by atoms with E-state index in [1.807, 2.05) is 0 Å². The largest absolute Gasteiger partial charge is 0.371 e. The van der Waals surface area contributed by atoms with Crippen molar-refractivity contribution in [2.75, 3.05) is 36.0 Å². The maximum Gasteiger partial charge on any atom is 0.181 e. The minimum Gasteiger partial charge on any atom is -0.371 e. The highest BCUT2D eigenvalue weighted by atomic mass is 16.7. The van der Waals surface area contributed by atoms with Crippen LogP contribution in [0.15, 0.2) is 29.6 Å². The Morgan fingerprint density at radius 1 is 0.667 bits per heavy atom. The Labute approximate surface area is 177 Å². The summed E-state index contributed by atoms with van der Waals surface area (Å²) in [5.41, 5.74) is 10.7. The summed E-state index contributed by atoms with van der Waals surface area (Å²) in [6, 6.07) is 9.12. The van der Waals surface area contributed by atoms with E-state index >= 15 is 0 Å². The molecule has 6 rings (SSSR count). The number of hydrogen-bond donors (Lipinski definition) is 0. The fourth-order valence-electron chi connectivity index (χ4n) is 6.32. The number of hydrogen-bond acceptors (Lipinski definition) is 5. The van der Waals surface area contributed by atoms with Gasteiger partial charge in [-0.05, 0) is 97.9 Å². The third-order valence-corrected chi connectivity index (χ3v) is 7.46. The van der Waals surface area contributed by atoms with Gasteiger partial charge < -0.3 is 14.6 Å². The van der Waals surface area contributed by atoms with Gasteiger partial charge in [0.1, 0.15) is 0 Å². The zero-order valence-electron chi connectivity index (χ0n) is 17.5. The van der Waals surface area contributed by atoms with E-state index in [1.54, 1.807) is 0 Å². The lowest BCUT2D eigenvalue weighted by Crippen LogP contribution is -2.35. The third kappa shape index (κ3) is 2.90. The van der Waals surface area contributed by atoms with E-state index in [0.717, 1.165) is 36.8 Å². The van der Waals surface area contributed by atoms with Crippen LogP contribution in [0.25, 0.3) is 0 Å². The second-order valence-electron chi connectivity index (χ2n) is 9.32. The monoisotopic (exact) mass is 403 g/mol. The molecule has 0 spiro atoms. The van der Waals surface area contributed by atoms with Crippen LogP contribution in [-0.4, -0.2) is 26.2 Å². The molecule has 4 aliphatic heterocycles. The second-order valence-corrected chi connectivity index (χ2v) is 9.32. The lowest BCUT2D eigenvalue weighted by molar-refractivity contribution is 0.0830. The van der Waals surface area contributed by atoms with Gasteiger partial charge in [0, 0.05) is 48.7 Å². The van der Waals surface area contributed by atoms with Crippen molar-refractivity contribution in [2.24, 2.45) is 5.34 Å². The number of rotatable bonds is 4. The van der Waals surface area contributed by atoms with E-state index in [4.69, 9.17) is 4.84 Å². The quantitative estimate of drug-likeness (QED) is 0.540. The first-order chi connectivity index (χ1) is 14.8. The zero-order valence-corrected chi connectivity index (χ0v) is 17.5. The first-order valence-corrected chi connectivity index (χ1v) is 11.6. The molecule has 0 N–H and O–H groups in total. The summed E-state index contributed by atoms with van der Waals surface area (Å²) in [4.78, 5) is 21.9. The Bertz CT molecular complexity index is 864. The van der Waals surface area contributed by atoms with Gasteiger partial charge in [0.25, 0.3) is 0 Å². The van der Waals surface area contributed by atoms with Gasteiger partial charge in [-0.15, -0.1) is 4.91 Å². The summed E-state index contributed by atoms with van der Waals surface area (Å²) in [5, 5.41) is 2.91. The van der Waals surface area contributed by atoms with E-state index in [0.29, 0.717) is 0 Å². The second kappa shape index (κ2) is 7.29. The van der Waals surface area contributed by atoms with Crippen LogP contribution in [0.5, 0.6) is 0 Å². The molecule has 0 radical (unpaired) electrons. The minimum atomic E-state index is -0.416. The van der Waals surface area contributed by atoms with Gasteiger partial charge >= 0.3 is 0 Å². The molecule has 0 bridgehead atoms. The van der Waals surface area contributed by atoms with E-state index in [2.05, 4.69) is 39.4 Å². The molecular formula is C25H29N3O2. The van der Waals surface area contributed by atoms with Gasteiger partial charge in [-0.2, -0.15) is 0 Å². The molecule has 0 amide bonds. The third-order valence-electron chi connectivity index (χ3n) is 7.46. The van der Waals surface area contributed by atoms with Gasteiger partial charge in [-0.1, -0.05) is 0 Å². The highest BCUT2D eigenvalue weighted by molar-refractivity contribution is 5.66. The van der Waals surface area contributed by atoms with Crippen molar-refractivity contribution in [2.45, 2.75) is 57.5 Å². The highest BCUT2D eigenvalue weighted by Gasteiger charge is 2.30. The summed E-state index contributed by atoms with van der Waals surface area (Å²) in [6.07, 6.45) is 8.82. The predicted octanol–water partition coefficient (Wildman–Crippen LogP) is 4.87. The van der Waals surface area contributed by atoms with E-state index in [9.17, 15) is 4.91 Å². The summed E-state index contributed by atoms with van der Waals surface area (Å²) >= 11 is 0. The Hall–Kier alpha value is -2.56. The average Bonchev–Trinajstić information content (AvgIpc) is 2.78. The molecule has 30 heavy (non-hydrogen) atoms. The average molecular weight is 404 g/mol. The Morgan fingerprint density at radius 2 is 1.03 bits per heavy atom. The molecule has 0 aromatic heterocycles. The van der Waals surface area contributed by atoms with Crippen molar-refractivity contribution in [1.29, 1.82) is 0 Å². The van der Waals surface area contributed by atoms with Gasteiger partial charge in [0.15, 0.2) is 11.4 Å². The molecule has 156 valence electrons. The Kier molecular flexibility index (Phi) is 4.43. The van der Waals surface area contributed by atoms with Crippen LogP contribution in [0.3, 0.4) is 0 Å². The smallest absolute Gasteiger partial charge is 0.181 e. The maximum atomic E-state index is 11.3. The fourth-order valence-corrected chi connectivity index (χ4v) is 6.32. The summed E-state index contributed by atoms with van der Waals surface area (Å²) < 4.78 is 0. The maximum absolute atomic E-state index is 11.3. The predicted molar refractivity (Wildman–Crippen MR) is 119 cm³/mol. The van der Waals surface area contributed by atoms with Crippen LogP contribution >= 0.6 is 0 Å². The topological polar surface area (TPSA) is 45.1 Å². The lowest BCUT2D eigenvalue weighted by Gasteiger charge is -2.38. The molecule has 5 nitrogen and oxygen atoms in total. The van der Waals surface area contributed by atoms with Crippen molar-refractivity contribution in [3.8, 4) is 0 Å². The number of benzene rings is 2. The van der Waals surface area contributed by atoms with Crippen molar-refractivity contribution >= 4 is 11.4 Å². The number of aryl methyl sites for hydroxylation is 4. The first kappa shape index (κ1) is 18.2. The number of anilines is 2. The molecule has 5 heteroatoms. The summed E-state index contributed by atoms with van der Waals surface area (Å²) in [6.45, 7) is 4.67. The molecular weight excluding hydrogens is 374 g/mol. The van der Waals surface area contributed by atoms with Crippen LogP contribution in [0.2, 0.25) is 0 Å². The minimum absolute atomic E-state index is 0.416. The summed E-state index contributed by atoms with van der Waals surface area (Å²) in [7, 11) is 0. The molecule has 0 unspecified atom stereocenters. The summed E-state index contributed by atoms with van der Waals surface area (Å²) in [5.74, 6) is 0. The van der Waals surface area contributed by atoms with Gasteiger partial charge in [-0.3, -0.25) is 0 Å². The van der Waals surface area contributed by atoms with Gasteiger partial charge in [0.2, 0.25) is 0 Å². The molecule has 4 aliphatic rings. The van der Waals surface area contributed by atoms with Crippen LogP contribution in [0.1, 0.15) is 65.2 Å². The van der Waals surface area contributed by atoms with Crippen molar-refractivity contribution in [3.63, 3.8) is 0 Å². The van der Waals surface area contributed by atoms with Crippen LogP contribution in [-0.2, 0) is 30.5 Å². The normalized spacial score (nSPS) is 19.4. The molecule has 0 atom stereocenters. The molecule has 0 saturated heterocycles. The van der Waals surface area contributed by atoms with Crippen molar-refractivity contribution in [3.05, 3.63) is 62.6 Å². The molecule has 0 fully saturated rings. The molecule has 0 aliphatic carbocycles. The van der Waals surface area contributed by atoms with Crippen LogP contribution < -0.4 is 9.80 Å². The molecule has 2 aromatic rings. The Morgan fingerprint density at radius 3 is 1.37 bits per heavy atom. The van der Waals surface area contributed by atoms with E-state index < -0.39 is 6.10 Å². The first-order valence-electron chi connectivity index (χ1n) is 11.6. The van der Waals surface area contributed by atoms with E-state index in [1.165, 1.54) is 85.5 Å². The standard InChI is InChI=1S/C25H29N3O2/c29-26-30-25(21-13-17-5-1-9-27-10-2-6-18(14-21)23(17)27)22-15-19-7-3-11-28-12-4-8-20(16-22)24(19)28/h13-16,25H,1-12H2. The van der Waals surface area contributed by atoms with Gasteiger partial charge in [0.05, 0.1) is 0 Å². The SMILES string of the molecule is O=NOC(c1cc2c3c(c1)CCCN3CCC2)c1cc2c3c(c1)CCCN3CCC2. The molecule has 4 heterocycles. The number of nitrogens with zero attached hydrogens (tertiary/aromatic N) is 3. The van der Waals surface area contributed by atoms with Crippen molar-refractivity contribution < 1.29 is 4.84 Å². The lowest BCUT2D eigenvalue weighted by atomic mass is 9.85. The fraction of sp³-hybridized carbons (Fsp3) is 0.520. The van der Waals surface area contributed by atoms with Crippen LogP contribution in [0, 0.1) is 4.91 Å².